The minimum absolute atomic E-state index is 0.112. The number of methoxy groups -OCH3 is 2. The monoisotopic (exact) mass is 474 g/mol. The number of benzene rings is 1. The third-order valence-electron chi connectivity index (χ3n) is 6.58. The Kier molecular flexibility index (Phi) is 6.42. The highest BCUT2D eigenvalue weighted by Gasteiger charge is 2.57. The van der Waals surface area contributed by atoms with E-state index in [0.29, 0.717) is 30.3 Å². The lowest BCUT2D eigenvalue weighted by atomic mass is 9.69. The summed E-state index contributed by atoms with van der Waals surface area (Å²) >= 11 is 0. The molecule has 2 aliphatic rings. The van der Waals surface area contributed by atoms with Gasteiger partial charge in [0.15, 0.2) is 0 Å². The summed E-state index contributed by atoms with van der Waals surface area (Å²) in [5.41, 5.74) is -0.345. The number of carbonyl (C=O) groups is 2. The van der Waals surface area contributed by atoms with Crippen molar-refractivity contribution in [3.05, 3.63) is 47.5 Å². The van der Waals surface area contributed by atoms with Crippen LogP contribution >= 0.6 is 0 Å². The number of carbonyl (C=O) groups excluding carboxylic acids is 2. The Morgan fingerprint density at radius 3 is 2.74 bits per heavy atom. The Labute approximate surface area is 196 Å². The van der Waals surface area contributed by atoms with Crippen LogP contribution in [0.5, 0.6) is 11.5 Å². The standard InChI is InChI=1S/C24H28F2N4O4/c1-15-27-8-6-19(28-15)21(31)29-17-11-23(14-24(25,26)12-17)7-9-30(22(23)32)13-16-4-5-18(33-2)10-20(16)34-3/h4-6,8,10,17H,7,9,11-14H2,1-3H3,(H,29,31)/t17-,23+/m1/s1. The second-order valence-corrected chi connectivity index (χ2v) is 9.04. The van der Waals surface area contributed by atoms with Gasteiger partial charge in [-0.25, -0.2) is 18.7 Å². The minimum Gasteiger partial charge on any atom is -0.497 e. The Hall–Kier alpha value is -3.30. The molecule has 10 heteroatoms. The lowest BCUT2D eigenvalue weighted by Gasteiger charge is -2.41. The molecular formula is C24H28F2N4O4. The molecule has 8 nitrogen and oxygen atoms in total. The SMILES string of the molecule is COc1ccc(CN2CC[C@@]3(C[C@@H](NC(=O)c4ccnc(C)n4)CC(F)(F)C3)C2=O)c(OC)c1. The molecule has 1 saturated heterocycles. The van der Waals surface area contributed by atoms with E-state index in [4.69, 9.17) is 9.47 Å². The molecule has 34 heavy (non-hydrogen) atoms. The van der Waals surface area contributed by atoms with Gasteiger partial charge in [-0.05, 0) is 38.0 Å². The molecule has 1 aliphatic carbocycles. The minimum atomic E-state index is -3.07. The molecule has 1 aromatic heterocycles. The van der Waals surface area contributed by atoms with Crippen LogP contribution in [0.2, 0.25) is 0 Å². The normalized spacial score (nSPS) is 23.7. The first-order valence-corrected chi connectivity index (χ1v) is 11.1. The Bertz CT molecular complexity index is 1100. The maximum atomic E-state index is 14.8. The summed E-state index contributed by atoms with van der Waals surface area (Å²) in [5, 5.41) is 2.67. The highest BCUT2D eigenvalue weighted by molar-refractivity contribution is 5.92. The Morgan fingerprint density at radius 1 is 1.24 bits per heavy atom. The maximum Gasteiger partial charge on any atom is 0.270 e. The van der Waals surface area contributed by atoms with Crippen molar-refractivity contribution in [1.82, 2.24) is 20.2 Å². The number of likely N-dealkylation sites (tertiary alicyclic amines) is 1. The zero-order chi connectivity index (χ0) is 24.5. The van der Waals surface area contributed by atoms with Crippen LogP contribution in [0.15, 0.2) is 30.5 Å². The first-order chi connectivity index (χ1) is 16.1. The van der Waals surface area contributed by atoms with Crippen LogP contribution in [-0.2, 0) is 11.3 Å². The molecule has 1 spiro atoms. The zero-order valence-electron chi connectivity index (χ0n) is 19.4. The highest BCUT2D eigenvalue weighted by atomic mass is 19.3. The van der Waals surface area contributed by atoms with Crippen LogP contribution in [0.3, 0.4) is 0 Å². The van der Waals surface area contributed by atoms with Crippen LogP contribution in [0.25, 0.3) is 0 Å². The number of rotatable bonds is 6. The molecule has 2 fully saturated rings. The van der Waals surface area contributed by atoms with Crippen molar-refractivity contribution >= 4 is 11.8 Å². The van der Waals surface area contributed by atoms with Gasteiger partial charge >= 0.3 is 0 Å². The molecule has 182 valence electrons. The first kappa shape index (κ1) is 23.8. The maximum absolute atomic E-state index is 14.8. The molecule has 1 aromatic carbocycles. The summed E-state index contributed by atoms with van der Waals surface area (Å²) in [4.78, 5) is 35.7. The van der Waals surface area contributed by atoms with Gasteiger partial charge in [0.05, 0.1) is 19.6 Å². The number of hydrogen-bond donors (Lipinski definition) is 1. The van der Waals surface area contributed by atoms with Gasteiger partial charge in [-0.15, -0.1) is 0 Å². The predicted molar refractivity (Wildman–Crippen MR) is 119 cm³/mol. The van der Waals surface area contributed by atoms with Crippen LogP contribution in [-0.4, -0.2) is 59.4 Å². The number of halogens is 2. The molecule has 4 rings (SSSR count). The number of nitrogens with zero attached hydrogens (tertiary/aromatic N) is 3. The summed E-state index contributed by atoms with van der Waals surface area (Å²) in [6, 6.07) is 5.89. The molecule has 2 heterocycles. The van der Waals surface area contributed by atoms with E-state index in [9.17, 15) is 18.4 Å². The summed E-state index contributed by atoms with van der Waals surface area (Å²) in [6.45, 7) is 2.25. The third-order valence-corrected chi connectivity index (χ3v) is 6.58. The van der Waals surface area contributed by atoms with E-state index in [1.807, 2.05) is 0 Å². The zero-order valence-corrected chi connectivity index (χ0v) is 19.4. The second kappa shape index (κ2) is 9.15. The molecule has 2 aromatic rings. The van der Waals surface area contributed by atoms with Crippen molar-refractivity contribution in [3.63, 3.8) is 0 Å². The van der Waals surface area contributed by atoms with E-state index in [0.717, 1.165) is 5.56 Å². The molecule has 0 bridgehead atoms. The Morgan fingerprint density at radius 2 is 2.03 bits per heavy atom. The van der Waals surface area contributed by atoms with Gasteiger partial charge in [0.1, 0.15) is 23.0 Å². The van der Waals surface area contributed by atoms with Crippen LogP contribution in [0, 0.1) is 12.3 Å². The van der Waals surface area contributed by atoms with E-state index < -0.39 is 36.1 Å². The predicted octanol–water partition coefficient (Wildman–Crippen LogP) is 3.14. The molecular weight excluding hydrogens is 446 g/mol. The van der Waals surface area contributed by atoms with Gasteiger partial charge in [0.2, 0.25) is 5.91 Å². The van der Waals surface area contributed by atoms with Gasteiger partial charge in [0.25, 0.3) is 11.8 Å². The lowest BCUT2D eigenvalue weighted by Crippen LogP contribution is -2.52. The largest absolute Gasteiger partial charge is 0.497 e. The smallest absolute Gasteiger partial charge is 0.270 e. The van der Waals surface area contributed by atoms with Crippen molar-refractivity contribution < 1.29 is 27.8 Å². The topological polar surface area (TPSA) is 93.6 Å². The number of aromatic nitrogens is 2. The number of hydrogen-bond acceptors (Lipinski definition) is 6. The van der Waals surface area contributed by atoms with E-state index in [-0.39, 0.29) is 24.6 Å². The third kappa shape index (κ3) is 4.80. The van der Waals surface area contributed by atoms with E-state index in [1.54, 1.807) is 37.1 Å². The highest BCUT2D eigenvalue weighted by Crippen LogP contribution is 2.51. The van der Waals surface area contributed by atoms with Gasteiger partial charge in [0, 0.05) is 49.8 Å². The summed E-state index contributed by atoms with van der Waals surface area (Å²) in [7, 11) is 3.08. The summed E-state index contributed by atoms with van der Waals surface area (Å²) in [6.07, 6.45) is 0.880. The van der Waals surface area contributed by atoms with Gasteiger partial charge in [-0.3, -0.25) is 9.59 Å². The van der Waals surface area contributed by atoms with E-state index >= 15 is 0 Å². The van der Waals surface area contributed by atoms with Crippen LogP contribution in [0.4, 0.5) is 8.78 Å². The number of ether oxygens (including phenoxy) is 2. The second-order valence-electron chi connectivity index (χ2n) is 9.04. The fraction of sp³-hybridized carbons (Fsp3) is 0.500. The quantitative estimate of drug-likeness (QED) is 0.692. The van der Waals surface area contributed by atoms with E-state index in [2.05, 4.69) is 15.3 Å². The molecule has 1 N–H and O–H groups in total. The van der Waals surface area contributed by atoms with Crippen molar-refractivity contribution in [3.8, 4) is 11.5 Å². The molecule has 0 unspecified atom stereocenters. The fourth-order valence-electron chi connectivity index (χ4n) is 5.07. The molecule has 1 saturated carbocycles. The fourth-order valence-corrected chi connectivity index (χ4v) is 5.07. The molecule has 2 atom stereocenters. The van der Waals surface area contributed by atoms with Crippen molar-refractivity contribution in [2.75, 3.05) is 20.8 Å². The van der Waals surface area contributed by atoms with Gasteiger partial charge in [-0.2, -0.15) is 0 Å². The van der Waals surface area contributed by atoms with Crippen molar-refractivity contribution in [2.45, 2.75) is 51.1 Å². The van der Waals surface area contributed by atoms with Crippen LogP contribution < -0.4 is 14.8 Å². The van der Waals surface area contributed by atoms with Gasteiger partial charge in [-0.1, -0.05) is 0 Å². The van der Waals surface area contributed by atoms with E-state index in [1.165, 1.54) is 19.4 Å². The van der Waals surface area contributed by atoms with Crippen molar-refractivity contribution in [1.29, 1.82) is 0 Å². The molecule has 1 aliphatic heterocycles. The molecule has 0 radical (unpaired) electrons. The van der Waals surface area contributed by atoms with Gasteiger partial charge < -0.3 is 19.7 Å². The number of alkyl halides is 2. The molecule has 2 amide bonds. The number of aryl methyl sites for hydroxylation is 1. The Balaban J connectivity index is 1.51. The number of nitrogens with one attached hydrogen (secondary N) is 1. The first-order valence-electron chi connectivity index (χ1n) is 11.1. The summed E-state index contributed by atoms with van der Waals surface area (Å²) < 4.78 is 40.3. The van der Waals surface area contributed by atoms with Crippen molar-refractivity contribution in [2.24, 2.45) is 5.41 Å². The lowest BCUT2D eigenvalue weighted by molar-refractivity contribution is -0.149. The number of amides is 2. The summed E-state index contributed by atoms with van der Waals surface area (Å²) in [5.74, 6) is -2.34. The average Bonchev–Trinajstić information content (AvgIpc) is 3.07. The van der Waals surface area contributed by atoms with Crippen LogP contribution in [0.1, 0.15) is 47.6 Å². The average molecular weight is 475 g/mol.